The summed E-state index contributed by atoms with van der Waals surface area (Å²) < 4.78 is 5.24. The Morgan fingerprint density at radius 3 is 2.73 bits per heavy atom. The van der Waals surface area contributed by atoms with Crippen molar-refractivity contribution in [2.75, 3.05) is 6.61 Å². The van der Waals surface area contributed by atoms with Crippen molar-refractivity contribution in [3.63, 3.8) is 0 Å². The number of esters is 1. The second kappa shape index (κ2) is 5.02. The van der Waals surface area contributed by atoms with Crippen molar-refractivity contribution < 1.29 is 19.7 Å². The van der Waals surface area contributed by atoms with E-state index in [9.17, 15) is 15.0 Å². The molecule has 0 bridgehead atoms. The third-order valence-corrected chi connectivity index (χ3v) is 2.41. The van der Waals surface area contributed by atoms with Crippen LogP contribution in [0.1, 0.15) is 23.7 Å². The van der Waals surface area contributed by atoms with Gasteiger partial charge >= 0.3 is 5.97 Å². The lowest BCUT2D eigenvalue weighted by molar-refractivity contribution is 0.0500. The van der Waals surface area contributed by atoms with Crippen LogP contribution in [0.25, 0.3) is 0 Å². The molecule has 82 valence electrons. The molecular weight excluding hydrogens is 264 g/mol. The minimum Gasteiger partial charge on any atom is -0.504 e. The molecule has 1 rings (SSSR count). The Hall–Kier alpha value is -1.23. The molecule has 0 unspecified atom stereocenters. The first-order valence-corrected chi connectivity index (χ1v) is 5.24. The van der Waals surface area contributed by atoms with Crippen molar-refractivity contribution in [1.82, 2.24) is 0 Å². The Balaban J connectivity index is 3.02. The monoisotopic (exact) mass is 274 g/mol. The van der Waals surface area contributed by atoms with Gasteiger partial charge in [-0.1, -0.05) is 6.92 Å². The van der Waals surface area contributed by atoms with Gasteiger partial charge in [0.05, 0.1) is 6.61 Å². The summed E-state index contributed by atoms with van der Waals surface area (Å²) in [5.41, 5.74) is -0.0524. The smallest absolute Gasteiger partial charge is 0.343 e. The van der Waals surface area contributed by atoms with Gasteiger partial charge in [0.15, 0.2) is 11.5 Å². The number of hydrogen-bond donors (Lipinski definition) is 2. The Labute approximate surface area is 95.6 Å². The Morgan fingerprint density at radius 1 is 1.47 bits per heavy atom. The highest BCUT2D eigenvalue weighted by atomic mass is 79.9. The van der Waals surface area contributed by atoms with Gasteiger partial charge in [0.1, 0.15) is 5.56 Å². The fourth-order valence-corrected chi connectivity index (χ4v) is 1.50. The summed E-state index contributed by atoms with van der Waals surface area (Å²) >= 11 is 3.10. The van der Waals surface area contributed by atoms with Crippen LogP contribution in [0.3, 0.4) is 0 Å². The summed E-state index contributed by atoms with van der Waals surface area (Å²) in [7, 11) is 0. The summed E-state index contributed by atoms with van der Waals surface area (Å²) in [5.74, 6) is -1.47. The summed E-state index contributed by atoms with van der Waals surface area (Å²) in [4.78, 5) is 11.5. The minimum atomic E-state index is -0.655. The van der Waals surface area contributed by atoms with Gasteiger partial charge in [0.25, 0.3) is 0 Å². The van der Waals surface area contributed by atoms with E-state index in [0.717, 1.165) is 0 Å². The maximum atomic E-state index is 11.5. The predicted molar refractivity (Wildman–Crippen MR) is 58.0 cm³/mol. The topological polar surface area (TPSA) is 66.8 Å². The molecule has 1 aromatic rings. The van der Waals surface area contributed by atoms with E-state index in [1.165, 1.54) is 12.1 Å². The summed E-state index contributed by atoms with van der Waals surface area (Å²) in [6, 6.07) is 2.76. The van der Waals surface area contributed by atoms with E-state index in [1.54, 1.807) is 0 Å². The van der Waals surface area contributed by atoms with Crippen molar-refractivity contribution in [2.45, 2.75) is 13.3 Å². The van der Waals surface area contributed by atoms with Crippen LogP contribution in [0.2, 0.25) is 0 Å². The van der Waals surface area contributed by atoms with Crippen LogP contribution in [0.4, 0.5) is 0 Å². The molecule has 0 aromatic heterocycles. The largest absolute Gasteiger partial charge is 0.504 e. The molecular formula is C10H11BrO4. The van der Waals surface area contributed by atoms with Gasteiger partial charge in [-0.15, -0.1) is 0 Å². The lowest BCUT2D eigenvalue weighted by Crippen LogP contribution is -2.07. The first-order valence-electron chi connectivity index (χ1n) is 4.45. The maximum absolute atomic E-state index is 11.5. The van der Waals surface area contributed by atoms with Crippen LogP contribution in [0, 0.1) is 0 Å². The zero-order valence-electron chi connectivity index (χ0n) is 8.16. The molecule has 0 amide bonds. The normalized spacial score (nSPS) is 10.0. The lowest BCUT2D eigenvalue weighted by Gasteiger charge is -2.08. The number of phenolic OH excluding ortho intramolecular Hbond substituents is 2. The minimum absolute atomic E-state index is 0.0524. The molecule has 0 atom stereocenters. The number of ether oxygens (including phenoxy) is 1. The van der Waals surface area contributed by atoms with Crippen molar-refractivity contribution >= 4 is 21.9 Å². The predicted octanol–water partition coefficient (Wildman–Crippen LogP) is 2.43. The van der Waals surface area contributed by atoms with Crippen LogP contribution >= 0.6 is 15.9 Å². The number of rotatable bonds is 3. The van der Waals surface area contributed by atoms with Crippen LogP contribution in [-0.4, -0.2) is 22.8 Å². The summed E-state index contributed by atoms with van der Waals surface area (Å²) in [5, 5.41) is 18.7. The fourth-order valence-electron chi connectivity index (χ4n) is 1.02. The quantitative estimate of drug-likeness (QED) is 0.656. The van der Waals surface area contributed by atoms with E-state index in [1.807, 2.05) is 6.92 Å². The molecule has 0 aliphatic carbocycles. The van der Waals surface area contributed by atoms with Gasteiger partial charge in [-0.25, -0.2) is 4.79 Å². The van der Waals surface area contributed by atoms with Gasteiger partial charge in [-0.2, -0.15) is 0 Å². The lowest BCUT2D eigenvalue weighted by atomic mass is 10.2. The van der Waals surface area contributed by atoms with Gasteiger partial charge in [-0.3, -0.25) is 0 Å². The number of benzene rings is 1. The Morgan fingerprint density at radius 2 is 2.13 bits per heavy atom. The molecule has 15 heavy (non-hydrogen) atoms. The Kier molecular flexibility index (Phi) is 3.96. The van der Waals surface area contributed by atoms with E-state index in [-0.39, 0.29) is 17.9 Å². The molecule has 0 radical (unpaired) electrons. The first kappa shape index (κ1) is 11.8. The Bertz CT molecular complexity index is 376. The molecule has 0 heterocycles. The average molecular weight is 275 g/mol. The third-order valence-electron chi connectivity index (χ3n) is 1.75. The molecule has 0 aliphatic rings. The SMILES string of the molecule is CCCOC(=O)c1c(Br)ccc(O)c1O. The standard InChI is InChI=1S/C10H11BrO4/c1-2-5-15-10(14)8-6(11)3-4-7(12)9(8)13/h3-4,12-13H,2,5H2,1H3. The van der Waals surface area contributed by atoms with Gasteiger partial charge < -0.3 is 14.9 Å². The number of phenols is 2. The van der Waals surface area contributed by atoms with Crippen LogP contribution in [0.5, 0.6) is 11.5 Å². The van der Waals surface area contributed by atoms with Crippen molar-refractivity contribution in [2.24, 2.45) is 0 Å². The molecule has 0 fully saturated rings. The van der Waals surface area contributed by atoms with Crippen molar-refractivity contribution in [3.8, 4) is 11.5 Å². The molecule has 0 spiro atoms. The van der Waals surface area contributed by atoms with Crippen molar-refractivity contribution in [3.05, 3.63) is 22.2 Å². The number of aromatic hydroxyl groups is 2. The second-order valence-electron chi connectivity index (χ2n) is 2.93. The van der Waals surface area contributed by atoms with E-state index < -0.39 is 11.7 Å². The number of hydrogen-bond acceptors (Lipinski definition) is 4. The fraction of sp³-hybridized carbons (Fsp3) is 0.300. The van der Waals surface area contributed by atoms with Crippen LogP contribution in [0.15, 0.2) is 16.6 Å². The second-order valence-corrected chi connectivity index (χ2v) is 3.78. The summed E-state index contributed by atoms with van der Waals surface area (Å²) in [6.45, 7) is 2.14. The first-order chi connectivity index (χ1) is 7.07. The zero-order valence-corrected chi connectivity index (χ0v) is 9.74. The highest BCUT2D eigenvalue weighted by Crippen LogP contribution is 2.34. The summed E-state index contributed by atoms with van der Waals surface area (Å²) in [6.07, 6.45) is 0.697. The number of halogens is 1. The maximum Gasteiger partial charge on any atom is 0.343 e. The molecule has 0 saturated carbocycles. The van der Waals surface area contributed by atoms with Crippen LogP contribution in [-0.2, 0) is 4.74 Å². The number of carbonyl (C=O) groups is 1. The zero-order chi connectivity index (χ0) is 11.4. The van der Waals surface area contributed by atoms with Crippen LogP contribution < -0.4 is 0 Å². The number of carbonyl (C=O) groups excluding carboxylic acids is 1. The third kappa shape index (κ3) is 2.62. The molecule has 1 aromatic carbocycles. The van der Waals surface area contributed by atoms with Gasteiger partial charge in [-0.05, 0) is 34.5 Å². The van der Waals surface area contributed by atoms with Gasteiger partial charge in [0, 0.05) is 4.47 Å². The van der Waals surface area contributed by atoms with Gasteiger partial charge in [0.2, 0.25) is 0 Å². The molecule has 2 N–H and O–H groups in total. The highest BCUT2D eigenvalue weighted by molar-refractivity contribution is 9.10. The highest BCUT2D eigenvalue weighted by Gasteiger charge is 2.19. The molecule has 5 heteroatoms. The van der Waals surface area contributed by atoms with Crippen molar-refractivity contribution in [1.29, 1.82) is 0 Å². The molecule has 0 saturated heterocycles. The molecule has 4 nitrogen and oxygen atoms in total. The van der Waals surface area contributed by atoms with E-state index in [4.69, 9.17) is 4.74 Å². The average Bonchev–Trinajstić information content (AvgIpc) is 2.21. The van der Waals surface area contributed by atoms with E-state index in [2.05, 4.69) is 15.9 Å². The van der Waals surface area contributed by atoms with E-state index in [0.29, 0.717) is 10.9 Å². The van der Waals surface area contributed by atoms with E-state index >= 15 is 0 Å². The molecule has 0 aliphatic heterocycles.